The zero-order chi connectivity index (χ0) is 11.0. The summed E-state index contributed by atoms with van der Waals surface area (Å²) in [5.41, 5.74) is 0. The van der Waals surface area contributed by atoms with Gasteiger partial charge in [-0.15, -0.1) is 0 Å². The molecule has 3 saturated carbocycles. The van der Waals surface area contributed by atoms with E-state index in [1.807, 2.05) is 0 Å². The molecule has 92 valence electrons. The molecule has 0 heterocycles. The molecule has 0 aromatic carbocycles. The lowest BCUT2D eigenvalue weighted by Gasteiger charge is -2.27. The third kappa shape index (κ3) is 1.92. The Kier molecular flexibility index (Phi) is 3.24. The van der Waals surface area contributed by atoms with Crippen molar-refractivity contribution in [2.24, 2.45) is 23.7 Å². The van der Waals surface area contributed by atoms with E-state index >= 15 is 0 Å². The second kappa shape index (κ2) is 4.68. The first kappa shape index (κ1) is 11.1. The van der Waals surface area contributed by atoms with Gasteiger partial charge in [0.25, 0.3) is 0 Å². The monoisotopic (exact) mass is 221 g/mol. The molecule has 0 aromatic rings. The zero-order valence-electron chi connectivity index (χ0n) is 10.8. The van der Waals surface area contributed by atoms with Crippen molar-refractivity contribution in [1.29, 1.82) is 0 Å². The number of fused-ring (bicyclic) bond motifs is 1. The van der Waals surface area contributed by atoms with Crippen LogP contribution in [0.5, 0.6) is 0 Å². The fraction of sp³-hybridized carbons (Fsp3) is 1.00. The van der Waals surface area contributed by atoms with Gasteiger partial charge in [-0.2, -0.15) is 0 Å². The van der Waals surface area contributed by atoms with Crippen LogP contribution in [0.3, 0.4) is 0 Å². The molecule has 1 N–H and O–H groups in total. The molecule has 0 aromatic heterocycles. The van der Waals surface area contributed by atoms with E-state index in [0.717, 1.165) is 29.7 Å². The summed E-state index contributed by atoms with van der Waals surface area (Å²) in [6.45, 7) is 0. The van der Waals surface area contributed by atoms with E-state index in [1.54, 1.807) is 12.8 Å². The van der Waals surface area contributed by atoms with E-state index in [4.69, 9.17) is 0 Å². The predicted molar refractivity (Wildman–Crippen MR) is 68.4 cm³/mol. The van der Waals surface area contributed by atoms with Crippen molar-refractivity contribution in [3.05, 3.63) is 0 Å². The summed E-state index contributed by atoms with van der Waals surface area (Å²) in [6, 6.07) is 0.869. The Morgan fingerprint density at radius 1 is 0.812 bits per heavy atom. The minimum Gasteiger partial charge on any atom is -0.316 e. The van der Waals surface area contributed by atoms with E-state index < -0.39 is 0 Å². The van der Waals surface area contributed by atoms with Crippen LogP contribution < -0.4 is 5.32 Å². The SMILES string of the molecule is CNC(C1CCCCCC1)C1C2CCCC21. The first-order valence-electron chi connectivity index (χ1n) is 7.59. The summed E-state index contributed by atoms with van der Waals surface area (Å²) < 4.78 is 0. The fourth-order valence-corrected chi connectivity index (χ4v) is 4.82. The number of hydrogen-bond acceptors (Lipinski definition) is 1. The Balaban J connectivity index is 1.61. The van der Waals surface area contributed by atoms with E-state index in [1.165, 1.54) is 44.9 Å². The third-order valence-electron chi connectivity index (χ3n) is 5.63. The summed E-state index contributed by atoms with van der Waals surface area (Å²) in [7, 11) is 2.21. The van der Waals surface area contributed by atoms with Crippen molar-refractivity contribution in [2.45, 2.75) is 63.8 Å². The highest BCUT2D eigenvalue weighted by Gasteiger charge is 2.56. The topological polar surface area (TPSA) is 12.0 Å². The lowest BCUT2D eigenvalue weighted by molar-refractivity contribution is 0.281. The van der Waals surface area contributed by atoms with Crippen LogP contribution in [0.25, 0.3) is 0 Å². The molecule has 3 atom stereocenters. The fourth-order valence-electron chi connectivity index (χ4n) is 4.82. The van der Waals surface area contributed by atoms with Crippen molar-refractivity contribution >= 4 is 0 Å². The molecule has 1 nitrogen and oxygen atoms in total. The molecule has 0 radical (unpaired) electrons. The lowest BCUT2D eigenvalue weighted by atomic mass is 9.86. The summed E-state index contributed by atoms with van der Waals surface area (Å²) >= 11 is 0. The van der Waals surface area contributed by atoms with Crippen LogP contribution in [0.1, 0.15) is 57.8 Å². The van der Waals surface area contributed by atoms with Crippen LogP contribution in [0.4, 0.5) is 0 Å². The van der Waals surface area contributed by atoms with E-state index in [2.05, 4.69) is 12.4 Å². The molecule has 3 fully saturated rings. The van der Waals surface area contributed by atoms with Gasteiger partial charge < -0.3 is 5.32 Å². The summed E-state index contributed by atoms with van der Waals surface area (Å²) in [5.74, 6) is 4.33. The van der Waals surface area contributed by atoms with Gasteiger partial charge in [0, 0.05) is 6.04 Å². The van der Waals surface area contributed by atoms with Gasteiger partial charge >= 0.3 is 0 Å². The van der Waals surface area contributed by atoms with Crippen LogP contribution in [0.15, 0.2) is 0 Å². The minimum absolute atomic E-state index is 0.869. The Morgan fingerprint density at radius 2 is 1.44 bits per heavy atom. The van der Waals surface area contributed by atoms with Gasteiger partial charge in [0.2, 0.25) is 0 Å². The second-order valence-electron chi connectivity index (χ2n) is 6.40. The molecular weight excluding hydrogens is 194 g/mol. The van der Waals surface area contributed by atoms with Crippen molar-refractivity contribution in [3.63, 3.8) is 0 Å². The molecule has 0 bridgehead atoms. The van der Waals surface area contributed by atoms with Crippen LogP contribution >= 0.6 is 0 Å². The first-order chi connectivity index (χ1) is 7.92. The van der Waals surface area contributed by atoms with Gasteiger partial charge in [-0.3, -0.25) is 0 Å². The molecule has 3 unspecified atom stereocenters. The van der Waals surface area contributed by atoms with Gasteiger partial charge in [0.1, 0.15) is 0 Å². The highest BCUT2D eigenvalue weighted by Crippen LogP contribution is 2.60. The quantitative estimate of drug-likeness (QED) is 0.718. The average Bonchev–Trinajstić information content (AvgIpc) is 2.88. The second-order valence-corrected chi connectivity index (χ2v) is 6.40. The van der Waals surface area contributed by atoms with Crippen molar-refractivity contribution in [1.82, 2.24) is 5.32 Å². The summed E-state index contributed by atoms with van der Waals surface area (Å²) in [4.78, 5) is 0. The molecule has 3 aliphatic carbocycles. The van der Waals surface area contributed by atoms with Crippen LogP contribution in [0.2, 0.25) is 0 Å². The molecule has 1 heteroatoms. The highest BCUT2D eigenvalue weighted by atomic mass is 14.9. The van der Waals surface area contributed by atoms with Gasteiger partial charge in [0.05, 0.1) is 0 Å². The van der Waals surface area contributed by atoms with Gasteiger partial charge in [-0.1, -0.05) is 32.1 Å². The first-order valence-corrected chi connectivity index (χ1v) is 7.59. The molecule has 0 spiro atoms. The Bertz CT molecular complexity index is 220. The normalized spacial score (nSPS) is 41.4. The molecule has 3 rings (SSSR count). The van der Waals surface area contributed by atoms with Crippen LogP contribution in [-0.2, 0) is 0 Å². The maximum Gasteiger partial charge on any atom is 0.0126 e. The largest absolute Gasteiger partial charge is 0.316 e. The zero-order valence-corrected chi connectivity index (χ0v) is 10.8. The van der Waals surface area contributed by atoms with E-state index in [9.17, 15) is 0 Å². The molecule has 0 aliphatic heterocycles. The molecule has 0 amide bonds. The molecule has 3 aliphatic rings. The van der Waals surface area contributed by atoms with E-state index in [0.29, 0.717) is 0 Å². The maximum absolute atomic E-state index is 3.69. The summed E-state index contributed by atoms with van der Waals surface area (Å²) in [5, 5.41) is 3.69. The van der Waals surface area contributed by atoms with Gasteiger partial charge in [-0.25, -0.2) is 0 Å². The Hall–Kier alpha value is -0.0400. The lowest BCUT2D eigenvalue weighted by Crippen LogP contribution is -2.36. The number of hydrogen-bond donors (Lipinski definition) is 1. The van der Waals surface area contributed by atoms with E-state index in [-0.39, 0.29) is 0 Å². The highest BCUT2D eigenvalue weighted by molar-refractivity contribution is 5.07. The third-order valence-corrected chi connectivity index (χ3v) is 5.63. The Labute approximate surface area is 100 Å². The Morgan fingerprint density at radius 3 is 2.00 bits per heavy atom. The van der Waals surface area contributed by atoms with Gasteiger partial charge in [0.15, 0.2) is 0 Å². The minimum atomic E-state index is 0.869. The van der Waals surface area contributed by atoms with Gasteiger partial charge in [-0.05, 0) is 56.4 Å². The molecule has 16 heavy (non-hydrogen) atoms. The van der Waals surface area contributed by atoms with Crippen molar-refractivity contribution in [3.8, 4) is 0 Å². The van der Waals surface area contributed by atoms with Crippen LogP contribution in [0, 0.1) is 23.7 Å². The number of nitrogens with one attached hydrogen (secondary N) is 1. The number of rotatable bonds is 3. The maximum atomic E-state index is 3.69. The smallest absolute Gasteiger partial charge is 0.0126 e. The summed E-state index contributed by atoms with van der Waals surface area (Å²) in [6.07, 6.45) is 13.6. The average molecular weight is 221 g/mol. The standard InChI is InChI=1S/C15H27N/c1-16-15(11-7-4-2-3-5-8-11)14-12-9-6-10-13(12)14/h11-16H,2-10H2,1H3. The molecular formula is C15H27N. The van der Waals surface area contributed by atoms with Crippen molar-refractivity contribution < 1.29 is 0 Å². The van der Waals surface area contributed by atoms with Crippen LogP contribution in [-0.4, -0.2) is 13.1 Å². The molecule has 0 saturated heterocycles. The van der Waals surface area contributed by atoms with Crippen molar-refractivity contribution in [2.75, 3.05) is 7.05 Å². The predicted octanol–water partition coefficient (Wildman–Crippen LogP) is 3.59.